The molecule has 0 bridgehead atoms. The van der Waals surface area contributed by atoms with Crippen LogP contribution in [0.1, 0.15) is 23.2 Å². The summed E-state index contributed by atoms with van der Waals surface area (Å²) in [7, 11) is 0. The molecule has 1 saturated carbocycles. The van der Waals surface area contributed by atoms with Crippen LogP contribution in [0.5, 0.6) is 0 Å². The third kappa shape index (κ3) is 5.01. The van der Waals surface area contributed by atoms with Gasteiger partial charge in [-0.05, 0) is 49.2 Å². The molecule has 8 nitrogen and oxygen atoms in total. The Balaban J connectivity index is 1.40. The van der Waals surface area contributed by atoms with Crippen molar-refractivity contribution in [1.29, 1.82) is 0 Å². The number of carbonyl (C=O) groups excluding carboxylic acids is 3. The highest BCUT2D eigenvalue weighted by atomic mass is 35.5. The fourth-order valence-electron chi connectivity index (χ4n) is 3.21. The van der Waals surface area contributed by atoms with Crippen molar-refractivity contribution < 1.29 is 14.4 Å². The SMILES string of the molecule is O=C1CN(c2ccc(NC(=O)c3cccc(NC(=O)NC4CC4)c3)cc2Cl)CCN1. The summed E-state index contributed by atoms with van der Waals surface area (Å²) in [5.74, 6) is -0.364. The average Bonchev–Trinajstić information content (AvgIpc) is 3.52. The lowest BCUT2D eigenvalue weighted by Crippen LogP contribution is -2.47. The molecular weight excluding hydrogens is 406 g/mol. The Morgan fingerprint density at radius 2 is 1.87 bits per heavy atom. The van der Waals surface area contributed by atoms with Crippen LogP contribution in [-0.2, 0) is 4.79 Å². The number of carbonyl (C=O) groups is 3. The van der Waals surface area contributed by atoms with Crippen LogP contribution in [0.2, 0.25) is 5.02 Å². The Kier molecular flexibility index (Phi) is 5.76. The molecule has 0 unspecified atom stereocenters. The summed E-state index contributed by atoms with van der Waals surface area (Å²) in [5.41, 5.74) is 2.24. The van der Waals surface area contributed by atoms with Crippen LogP contribution in [-0.4, -0.2) is 43.5 Å². The van der Waals surface area contributed by atoms with Gasteiger partial charge in [0.2, 0.25) is 5.91 Å². The Hall–Kier alpha value is -3.26. The lowest BCUT2D eigenvalue weighted by atomic mass is 10.1. The van der Waals surface area contributed by atoms with Gasteiger partial charge in [0.25, 0.3) is 5.91 Å². The number of nitrogens with one attached hydrogen (secondary N) is 4. The first-order valence-corrected chi connectivity index (χ1v) is 10.2. The molecule has 156 valence electrons. The number of benzene rings is 2. The number of piperazine rings is 1. The molecule has 1 heterocycles. The van der Waals surface area contributed by atoms with Crippen LogP contribution in [0.4, 0.5) is 21.9 Å². The molecule has 4 rings (SSSR count). The number of nitrogens with zero attached hydrogens (tertiary/aromatic N) is 1. The van der Waals surface area contributed by atoms with Gasteiger partial charge in [-0.15, -0.1) is 0 Å². The first kappa shape index (κ1) is 20.0. The van der Waals surface area contributed by atoms with Gasteiger partial charge in [0.1, 0.15) is 0 Å². The molecule has 2 fully saturated rings. The van der Waals surface area contributed by atoms with E-state index in [1.165, 1.54) is 0 Å². The van der Waals surface area contributed by atoms with Crippen molar-refractivity contribution in [3.05, 3.63) is 53.1 Å². The molecule has 1 aliphatic carbocycles. The van der Waals surface area contributed by atoms with Gasteiger partial charge in [-0.1, -0.05) is 17.7 Å². The van der Waals surface area contributed by atoms with Crippen molar-refractivity contribution in [2.24, 2.45) is 0 Å². The minimum atomic E-state index is -0.317. The molecule has 0 radical (unpaired) electrons. The fraction of sp³-hybridized carbons (Fsp3) is 0.286. The van der Waals surface area contributed by atoms with Crippen molar-refractivity contribution >= 4 is 46.5 Å². The zero-order valence-electron chi connectivity index (χ0n) is 16.2. The van der Waals surface area contributed by atoms with E-state index >= 15 is 0 Å². The second kappa shape index (κ2) is 8.62. The molecule has 1 aliphatic heterocycles. The summed E-state index contributed by atoms with van der Waals surface area (Å²) in [6.45, 7) is 1.49. The quantitative estimate of drug-likeness (QED) is 0.589. The van der Waals surface area contributed by atoms with E-state index in [0.29, 0.717) is 35.1 Å². The van der Waals surface area contributed by atoms with E-state index in [9.17, 15) is 14.4 Å². The Morgan fingerprint density at radius 3 is 2.60 bits per heavy atom. The highest BCUT2D eigenvalue weighted by Crippen LogP contribution is 2.29. The highest BCUT2D eigenvalue weighted by Gasteiger charge is 2.23. The molecule has 9 heteroatoms. The van der Waals surface area contributed by atoms with Gasteiger partial charge in [-0.2, -0.15) is 0 Å². The molecule has 2 aliphatic rings. The Labute approximate surface area is 179 Å². The van der Waals surface area contributed by atoms with Crippen LogP contribution in [0, 0.1) is 0 Å². The van der Waals surface area contributed by atoms with E-state index in [4.69, 9.17) is 11.6 Å². The zero-order chi connectivity index (χ0) is 21.1. The van der Waals surface area contributed by atoms with Crippen LogP contribution >= 0.6 is 11.6 Å². The molecule has 2 aromatic rings. The Morgan fingerprint density at radius 1 is 1.07 bits per heavy atom. The molecule has 0 aromatic heterocycles. The van der Waals surface area contributed by atoms with E-state index in [2.05, 4.69) is 21.3 Å². The maximum absolute atomic E-state index is 12.6. The van der Waals surface area contributed by atoms with Gasteiger partial charge < -0.3 is 26.2 Å². The number of amides is 4. The number of rotatable bonds is 5. The summed E-state index contributed by atoms with van der Waals surface area (Å²) in [6.07, 6.45) is 2.00. The number of hydrogen-bond acceptors (Lipinski definition) is 4. The maximum atomic E-state index is 12.6. The highest BCUT2D eigenvalue weighted by molar-refractivity contribution is 6.33. The third-order valence-electron chi connectivity index (χ3n) is 4.88. The van der Waals surface area contributed by atoms with E-state index in [-0.39, 0.29) is 30.4 Å². The van der Waals surface area contributed by atoms with Gasteiger partial charge >= 0.3 is 6.03 Å². The summed E-state index contributed by atoms with van der Waals surface area (Å²) < 4.78 is 0. The van der Waals surface area contributed by atoms with Gasteiger partial charge in [-0.25, -0.2) is 4.79 Å². The number of anilines is 3. The summed E-state index contributed by atoms with van der Waals surface area (Å²) in [4.78, 5) is 38.0. The second-order valence-electron chi connectivity index (χ2n) is 7.35. The normalized spacial score (nSPS) is 15.9. The Bertz CT molecular complexity index is 992. The molecule has 4 N–H and O–H groups in total. The minimum Gasteiger partial charge on any atom is -0.359 e. The van der Waals surface area contributed by atoms with Gasteiger partial charge in [0.05, 0.1) is 17.3 Å². The molecular formula is C21H22ClN5O3. The molecule has 0 spiro atoms. The predicted octanol–water partition coefficient (Wildman–Crippen LogP) is 2.81. The van der Waals surface area contributed by atoms with Gasteiger partial charge in [0.15, 0.2) is 0 Å². The monoisotopic (exact) mass is 427 g/mol. The van der Waals surface area contributed by atoms with Crippen molar-refractivity contribution in [3.63, 3.8) is 0 Å². The van der Waals surface area contributed by atoms with E-state index in [1.807, 2.05) is 4.90 Å². The van der Waals surface area contributed by atoms with Crippen molar-refractivity contribution in [1.82, 2.24) is 10.6 Å². The first-order valence-electron chi connectivity index (χ1n) is 9.78. The van der Waals surface area contributed by atoms with Crippen LogP contribution in [0.25, 0.3) is 0 Å². The standard InChI is InChI=1S/C21H22ClN5O3/c22-17-11-16(6-7-18(17)27-9-8-23-19(28)12-27)24-20(29)13-2-1-3-15(10-13)26-21(30)25-14-4-5-14/h1-3,6-7,10-11,14H,4-5,8-9,12H2,(H,23,28)(H,24,29)(H2,25,26,30). The predicted molar refractivity (Wildman–Crippen MR) is 116 cm³/mol. The maximum Gasteiger partial charge on any atom is 0.319 e. The van der Waals surface area contributed by atoms with Crippen LogP contribution in [0.15, 0.2) is 42.5 Å². The molecule has 0 atom stereocenters. The number of urea groups is 1. The molecule has 4 amide bonds. The van der Waals surface area contributed by atoms with Crippen molar-refractivity contribution in [2.75, 3.05) is 35.2 Å². The minimum absolute atomic E-state index is 0.0472. The van der Waals surface area contributed by atoms with Gasteiger partial charge in [-0.3, -0.25) is 9.59 Å². The lowest BCUT2D eigenvalue weighted by Gasteiger charge is -2.29. The van der Waals surface area contributed by atoms with Crippen molar-refractivity contribution in [2.45, 2.75) is 18.9 Å². The molecule has 1 saturated heterocycles. The van der Waals surface area contributed by atoms with E-state index < -0.39 is 0 Å². The summed E-state index contributed by atoms with van der Waals surface area (Å²) >= 11 is 6.39. The molecule has 30 heavy (non-hydrogen) atoms. The first-order chi connectivity index (χ1) is 14.5. The number of halogens is 1. The van der Waals surface area contributed by atoms with Gasteiger partial charge in [0, 0.05) is 36.1 Å². The van der Waals surface area contributed by atoms with Crippen LogP contribution in [0.3, 0.4) is 0 Å². The number of hydrogen-bond donors (Lipinski definition) is 4. The smallest absolute Gasteiger partial charge is 0.319 e. The van der Waals surface area contributed by atoms with E-state index in [1.54, 1.807) is 42.5 Å². The molecule has 2 aromatic carbocycles. The van der Waals surface area contributed by atoms with E-state index in [0.717, 1.165) is 18.5 Å². The lowest BCUT2D eigenvalue weighted by molar-refractivity contribution is -0.120. The topological polar surface area (TPSA) is 103 Å². The summed E-state index contributed by atoms with van der Waals surface area (Å²) in [6, 6.07) is 11.9. The fourth-order valence-corrected chi connectivity index (χ4v) is 3.51. The largest absolute Gasteiger partial charge is 0.359 e. The average molecular weight is 428 g/mol. The van der Waals surface area contributed by atoms with Crippen molar-refractivity contribution in [3.8, 4) is 0 Å². The second-order valence-corrected chi connectivity index (χ2v) is 7.75. The summed E-state index contributed by atoms with van der Waals surface area (Å²) in [5, 5.41) is 11.6. The third-order valence-corrected chi connectivity index (χ3v) is 5.18. The zero-order valence-corrected chi connectivity index (χ0v) is 17.0. The van der Waals surface area contributed by atoms with Crippen LogP contribution < -0.4 is 26.2 Å².